The van der Waals surface area contributed by atoms with Gasteiger partial charge in [0.25, 0.3) is 5.91 Å². The molecule has 1 fully saturated rings. The average molecular weight is 329 g/mol. The van der Waals surface area contributed by atoms with E-state index in [2.05, 4.69) is 0 Å². The van der Waals surface area contributed by atoms with Gasteiger partial charge in [0.15, 0.2) is 9.84 Å². The molecule has 21 heavy (non-hydrogen) atoms. The van der Waals surface area contributed by atoms with E-state index in [-0.39, 0.29) is 30.0 Å². The molecule has 0 spiro atoms. The first kappa shape index (κ1) is 15.7. The Kier molecular flexibility index (Phi) is 4.48. The van der Waals surface area contributed by atoms with E-state index < -0.39 is 15.8 Å². The van der Waals surface area contributed by atoms with E-state index in [9.17, 15) is 18.0 Å². The zero-order valence-electron chi connectivity index (χ0n) is 11.4. The molecule has 1 aliphatic heterocycles. The summed E-state index contributed by atoms with van der Waals surface area (Å²) in [6.45, 7) is 1.91. The van der Waals surface area contributed by atoms with Gasteiger partial charge in [0.2, 0.25) is 0 Å². The number of carboxylic acids is 1. The Morgan fingerprint density at radius 2 is 2.19 bits per heavy atom. The Labute approximate surface area is 126 Å². The number of aliphatic carboxylic acids is 1. The molecule has 1 aromatic rings. The molecule has 1 N–H and O–H groups in total. The lowest BCUT2D eigenvalue weighted by Crippen LogP contribution is -2.49. The maximum absolute atomic E-state index is 12.4. The summed E-state index contributed by atoms with van der Waals surface area (Å²) in [5, 5.41) is 10.2. The molecule has 1 aliphatic rings. The summed E-state index contributed by atoms with van der Waals surface area (Å²) in [5.41, 5.74) is 0.455. The third kappa shape index (κ3) is 3.92. The molecule has 1 atom stereocenters. The number of carboxylic acid groups (broad SMARTS) is 1. The SMILES string of the molecule is CC1CS(=O)(=O)CCN1C(=O)c1csc(/C=C/C(=O)O)c1. The molecule has 114 valence electrons. The largest absolute Gasteiger partial charge is 0.478 e. The number of carbonyl (C=O) groups excluding carboxylic acids is 1. The van der Waals surface area contributed by atoms with E-state index in [0.29, 0.717) is 10.4 Å². The van der Waals surface area contributed by atoms with Crippen molar-refractivity contribution in [3.63, 3.8) is 0 Å². The van der Waals surface area contributed by atoms with Gasteiger partial charge in [-0.15, -0.1) is 11.3 Å². The van der Waals surface area contributed by atoms with Crippen molar-refractivity contribution < 1.29 is 23.1 Å². The molecule has 1 unspecified atom stereocenters. The van der Waals surface area contributed by atoms with E-state index in [1.54, 1.807) is 23.3 Å². The summed E-state index contributed by atoms with van der Waals surface area (Å²) in [6, 6.07) is 1.26. The molecule has 1 amide bonds. The molecule has 8 heteroatoms. The standard InChI is InChI=1S/C13H15NO5S2/c1-9-8-21(18,19)5-4-14(9)13(17)10-6-11(20-7-10)2-3-12(15)16/h2-3,6-7,9H,4-5,8H2,1H3,(H,15,16)/b3-2+. The van der Waals surface area contributed by atoms with E-state index >= 15 is 0 Å². The average Bonchev–Trinajstić information content (AvgIpc) is 2.83. The second-order valence-corrected chi connectivity index (χ2v) is 8.04. The summed E-state index contributed by atoms with van der Waals surface area (Å²) in [5.74, 6) is -1.30. The lowest BCUT2D eigenvalue weighted by Gasteiger charge is -2.32. The smallest absolute Gasteiger partial charge is 0.328 e. The molecule has 2 heterocycles. The number of amides is 1. The fraction of sp³-hybridized carbons (Fsp3) is 0.385. The highest BCUT2D eigenvalue weighted by Crippen LogP contribution is 2.21. The Bertz CT molecular complexity index is 689. The summed E-state index contributed by atoms with van der Waals surface area (Å²) in [6.07, 6.45) is 2.43. The minimum Gasteiger partial charge on any atom is -0.478 e. The highest BCUT2D eigenvalue weighted by Gasteiger charge is 2.31. The Hall–Kier alpha value is -1.67. The zero-order valence-corrected chi connectivity index (χ0v) is 13.0. The van der Waals surface area contributed by atoms with Crippen LogP contribution < -0.4 is 0 Å². The van der Waals surface area contributed by atoms with Crippen LogP contribution >= 0.6 is 11.3 Å². The van der Waals surface area contributed by atoms with Gasteiger partial charge in [-0.2, -0.15) is 0 Å². The minimum atomic E-state index is -3.06. The highest BCUT2D eigenvalue weighted by atomic mass is 32.2. The van der Waals surface area contributed by atoms with E-state index in [1.165, 1.54) is 17.4 Å². The molecular formula is C13H15NO5S2. The number of thiophene rings is 1. The Morgan fingerprint density at radius 1 is 1.48 bits per heavy atom. The van der Waals surface area contributed by atoms with Gasteiger partial charge in [-0.1, -0.05) is 0 Å². The van der Waals surface area contributed by atoms with Gasteiger partial charge in [0.05, 0.1) is 17.1 Å². The number of nitrogens with zero attached hydrogens (tertiary/aromatic N) is 1. The summed E-state index contributed by atoms with van der Waals surface area (Å²) < 4.78 is 23.0. The lowest BCUT2D eigenvalue weighted by atomic mass is 10.2. The van der Waals surface area contributed by atoms with Crippen molar-refractivity contribution >= 4 is 39.1 Å². The first-order valence-electron chi connectivity index (χ1n) is 6.29. The van der Waals surface area contributed by atoms with Crippen LogP contribution in [0.2, 0.25) is 0 Å². The fourth-order valence-electron chi connectivity index (χ4n) is 2.17. The van der Waals surface area contributed by atoms with Crippen molar-refractivity contribution in [3.05, 3.63) is 28.0 Å². The maximum atomic E-state index is 12.4. The molecule has 0 radical (unpaired) electrons. The zero-order chi connectivity index (χ0) is 15.6. The van der Waals surface area contributed by atoms with Crippen molar-refractivity contribution in [3.8, 4) is 0 Å². The van der Waals surface area contributed by atoms with Crippen molar-refractivity contribution in [1.82, 2.24) is 4.90 Å². The molecule has 6 nitrogen and oxygen atoms in total. The normalized spacial score (nSPS) is 21.6. The predicted molar refractivity (Wildman–Crippen MR) is 80.1 cm³/mol. The summed E-state index contributed by atoms with van der Waals surface area (Å²) in [4.78, 5) is 25.0. The van der Waals surface area contributed by atoms with Gasteiger partial charge in [0, 0.05) is 28.9 Å². The highest BCUT2D eigenvalue weighted by molar-refractivity contribution is 7.91. The van der Waals surface area contributed by atoms with Crippen molar-refractivity contribution in [2.75, 3.05) is 18.1 Å². The predicted octanol–water partition coefficient (Wildman–Crippen LogP) is 1.10. The molecule has 0 bridgehead atoms. The van der Waals surface area contributed by atoms with Crippen LogP contribution in [-0.4, -0.2) is 54.4 Å². The van der Waals surface area contributed by atoms with Gasteiger partial charge in [-0.25, -0.2) is 13.2 Å². The van der Waals surface area contributed by atoms with Crippen molar-refractivity contribution in [2.24, 2.45) is 0 Å². The number of rotatable bonds is 3. The third-order valence-corrected chi connectivity index (χ3v) is 5.88. The van der Waals surface area contributed by atoms with E-state index in [1.807, 2.05) is 0 Å². The van der Waals surface area contributed by atoms with Gasteiger partial charge < -0.3 is 10.0 Å². The second kappa shape index (κ2) is 5.98. The van der Waals surface area contributed by atoms with Crippen LogP contribution in [0, 0.1) is 0 Å². The van der Waals surface area contributed by atoms with E-state index in [4.69, 9.17) is 5.11 Å². The van der Waals surface area contributed by atoms with Gasteiger partial charge >= 0.3 is 5.97 Å². The topological polar surface area (TPSA) is 91.8 Å². The van der Waals surface area contributed by atoms with Crippen LogP contribution in [0.3, 0.4) is 0 Å². The number of hydrogen-bond acceptors (Lipinski definition) is 5. The first-order chi connectivity index (χ1) is 9.78. The van der Waals surface area contributed by atoms with Crippen LogP contribution in [0.1, 0.15) is 22.2 Å². The third-order valence-electron chi connectivity index (χ3n) is 3.19. The van der Waals surface area contributed by atoms with Gasteiger partial charge in [0.1, 0.15) is 0 Å². The van der Waals surface area contributed by atoms with Gasteiger partial charge in [-0.05, 0) is 19.1 Å². The maximum Gasteiger partial charge on any atom is 0.328 e. The van der Waals surface area contributed by atoms with Crippen LogP contribution in [-0.2, 0) is 14.6 Å². The number of hydrogen-bond donors (Lipinski definition) is 1. The molecule has 0 aromatic carbocycles. The fourth-order valence-corrected chi connectivity index (χ4v) is 4.50. The molecule has 1 aromatic heterocycles. The second-order valence-electron chi connectivity index (χ2n) is 4.87. The summed E-state index contributed by atoms with van der Waals surface area (Å²) in [7, 11) is -3.06. The van der Waals surface area contributed by atoms with Gasteiger partial charge in [-0.3, -0.25) is 4.79 Å². The Balaban J connectivity index is 2.12. The van der Waals surface area contributed by atoms with Crippen LogP contribution in [0.25, 0.3) is 6.08 Å². The first-order valence-corrected chi connectivity index (χ1v) is 8.99. The van der Waals surface area contributed by atoms with Crippen molar-refractivity contribution in [1.29, 1.82) is 0 Å². The monoisotopic (exact) mass is 329 g/mol. The minimum absolute atomic E-state index is 0.0149. The van der Waals surface area contributed by atoms with Crippen LogP contribution in [0.5, 0.6) is 0 Å². The van der Waals surface area contributed by atoms with Crippen LogP contribution in [0.15, 0.2) is 17.5 Å². The molecule has 2 rings (SSSR count). The van der Waals surface area contributed by atoms with Crippen LogP contribution in [0.4, 0.5) is 0 Å². The molecular weight excluding hydrogens is 314 g/mol. The van der Waals surface area contributed by atoms with E-state index in [0.717, 1.165) is 6.08 Å². The number of sulfone groups is 1. The molecule has 1 saturated heterocycles. The number of carbonyl (C=O) groups is 2. The summed E-state index contributed by atoms with van der Waals surface area (Å²) >= 11 is 1.27. The van der Waals surface area contributed by atoms with Crippen molar-refractivity contribution in [2.45, 2.75) is 13.0 Å². The quantitative estimate of drug-likeness (QED) is 0.839. The molecule has 0 aliphatic carbocycles. The molecule has 0 saturated carbocycles. The lowest BCUT2D eigenvalue weighted by molar-refractivity contribution is -0.131. The Morgan fingerprint density at radius 3 is 2.81 bits per heavy atom.